The fourth-order valence-electron chi connectivity index (χ4n) is 2.79. The van der Waals surface area contributed by atoms with E-state index in [0.29, 0.717) is 30.4 Å². The molecule has 120 valence electrons. The van der Waals surface area contributed by atoms with Crippen LogP contribution in [0.5, 0.6) is 0 Å². The van der Waals surface area contributed by atoms with Gasteiger partial charge in [-0.05, 0) is 55.0 Å². The van der Waals surface area contributed by atoms with E-state index in [1.807, 2.05) is 12.1 Å². The smallest absolute Gasteiger partial charge is 0.243 e. The molecule has 2 N–H and O–H groups in total. The molecule has 0 radical (unpaired) electrons. The molecular weight excluding hydrogens is 308 g/mol. The average molecular weight is 333 g/mol. The van der Waals surface area contributed by atoms with Crippen LogP contribution in [-0.2, 0) is 22.9 Å². The Balaban J connectivity index is 0.00000220. The van der Waals surface area contributed by atoms with Gasteiger partial charge in [0.05, 0.1) is 4.90 Å². The van der Waals surface area contributed by atoms with Crippen LogP contribution in [0.25, 0.3) is 0 Å². The number of benzene rings is 1. The van der Waals surface area contributed by atoms with E-state index >= 15 is 0 Å². The van der Waals surface area contributed by atoms with Crippen LogP contribution < -0.4 is 5.73 Å². The van der Waals surface area contributed by atoms with Gasteiger partial charge < -0.3 is 5.73 Å². The van der Waals surface area contributed by atoms with Crippen molar-refractivity contribution in [3.63, 3.8) is 0 Å². The van der Waals surface area contributed by atoms with E-state index in [2.05, 4.69) is 13.8 Å². The number of sulfonamides is 1. The molecule has 0 aliphatic carbocycles. The summed E-state index contributed by atoms with van der Waals surface area (Å²) in [5, 5.41) is 0. The second kappa shape index (κ2) is 7.58. The summed E-state index contributed by atoms with van der Waals surface area (Å²) < 4.78 is 26.9. The van der Waals surface area contributed by atoms with Gasteiger partial charge in [0.2, 0.25) is 10.0 Å². The fourth-order valence-corrected chi connectivity index (χ4v) is 4.38. The van der Waals surface area contributed by atoms with Crippen molar-refractivity contribution in [2.75, 3.05) is 19.6 Å². The molecule has 0 saturated carbocycles. The van der Waals surface area contributed by atoms with Gasteiger partial charge >= 0.3 is 0 Å². The summed E-state index contributed by atoms with van der Waals surface area (Å²) in [6.45, 7) is 5.85. The van der Waals surface area contributed by atoms with Crippen molar-refractivity contribution in [2.24, 2.45) is 11.7 Å². The van der Waals surface area contributed by atoms with Crippen molar-refractivity contribution in [3.05, 3.63) is 29.3 Å². The normalized spacial score (nSPS) is 19.5. The number of rotatable bonds is 5. The number of aryl methyl sites for hydroxylation is 2. The number of hydrogen-bond acceptors (Lipinski definition) is 3. The van der Waals surface area contributed by atoms with Gasteiger partial charge in [-0.1, -0.05) is 19.9 Å². The van der Waals surface area contributed by atoms with Crippen molar-refractivity contribution in [2.45, 2.75) is 38.0 Å². The highest BCUT2D eigenvalue weighted by Gasteiger charge is 2.32. The molecule has 0 aromatic heterocycles. The van der Waals surface area contributed by atoms with Crippen molar-refractivity contribution in [1.82, 2.24) is 4.31 Å². The zero-order valence-electron chi connectivity index (χ0n) is 12.7. The van der Waals surface area contributed by atoms with E-state index in [1.54, 1.807) is 10.4 Å². The lowest BCUT2D eigenvalue weighted by atomic mass is 10.0. The maximum atomic E-state index is 12.6. The number of hydrogen-bond donors (Lipinski definition) is 1. The molecule has 0 spiro atoms. The summed E-state index contributed by atoms with van der Waals surface area (Å²) in [5.41, 5.74) is 8.00. The molecular formula is C15H25ClN2O2S. The van der Waals surface area contributed by atoms with E-state index in [0.717, 1.165) is 24.8 Å². The first kappa shape index (κ1) is 18.4. The van der Waals surface area contributed by atoms with Gasteiger partial charge in [0, 0.05) is 13.1 Å². The largest absolute Gasteiger partial charge is 0.330 e. The Morgan fingerprint density at radius 3 is 2.43 bits per heavy atom. The molecule has 0 bridgehead atoms. The Labute approximate surface area is 134 Å². The van der Waals surface area contributed by atoms with Crippen molar-refractivity contribution in [3.8, 4) is 0 Å². The minimum Gasteiger partial charge on any atom is -0.330 e. The first-order valence-corrected chi connectivity index (χ1v) is 8.78. The second-order valence-electron chi connectivity index (χ2n) is 5.39. The molecule has 2 rings (SSSR count). The number of nitrogens with two attached hydrogens (primary N) is 1. The molecule has 4 nitrogen and oxygen atoms in total. The maximum Gasteiger partial charge on any atom is 0.243 e. The predicted octanol–water partition coefficient (Wildman–Crippen LogP) is 2.20. The highest BCUT2D eigenvalue weighted by Crippen LogP contribution is 2.25. The third-order valence-electron chi connectivity index (χ3n) is 4.16. The summed E-state index contributed by atoms with van der Waals surface area (Å²) in [5.74, 6) is 0.297. The third-order valence-corrected chi connectivity index (χ3v) is 6.02. The van der Waals surface area contributed by atoms with Gasteiger partial charge in [0.25, 0.3) is 0 Å². The van der Waals surface area contributed by atoms with Crippen LogP contribution in [0.15, 0.2) is 23.1 Å². The maximum absolute atomic E-state index is 12.6. The quantitative estimate of drug-likeness (QED) is 0.899. The number of halogens is 1. The van der Waals surface area contributed by atoms with Crippen LogP contribution in [0.2, 0.25) is 0 Å². The lowest BCUT2D eigenvalue weighted by molar-refractivity contribution is 0.459. The van der Waals surface area contributed by atoms with Crippen LogP contribution >= 0.6 is 12.4 Å². The molecule has 6 heteroatoms. The molecule has 1 fully saturated rings. The van der Waals surface area contributed by atoms with Crippen LogP contribution in [0, 0.1) is 5.92 Å². The molecule has 0 amide bonds. The minimum absolute atomic E-state index is 0. The van der Waals surface area contributed by atoms with E-state index in [1.165, 1.54) is 5.56 Å². The van der Waals surface area contributed by atoms with Gasteiger partial charge in [-0.25, -0.2) is 8.42 Å². The topological polar surface area (TPSA) is 63.4 Å². The van der Waals surface area contributed by atoms with Crippen LogP contribution in [0.3, 0.4) is 0 Å². The zero-order valence-corrected chi connectivity index (χ0v) is 14.3. The second-order valence-corrected chi connectivity index (χ2v) is 7.33. The van der Waals surface area contributed by atoms with E-state index in [-0.39, 0.29) is 12.4 Å². The predicted molar refractivity (Wildman–Crippen MR) is 88.4 cm³/mol. The molecule has 1 saturated heterocycles. The Bertz CT molecular complexity index is 575. The standard InChI is InChI=1S/C15H24N2O2S.ClH/c1-3-13-5-6-15(9-14(13)4-2)20(18,19)17-8-7-12(10-16)11-17;/h5-6,9,12H,3-4,7-8,10-11,16H2,1-2H3;1H. The van der Waals surface area contributed by atoms with Crippen molar-refractivity contribution >= 4 is 22.4 Å². The van der Waals surface area contributed by atoms with Gasteiger partial charge in [0.15, 0.2) is 0 Å². The Morgan fingerprint density at radius 1 is 1.24 bits per heavy atom. The van der Waals surface area contributed by atoms with Gasteiger partial charge in [-0.15, -0.1) is 12.4 Å². The number of nitrogens with zero attached hydrogens (tertiary/aromatic N) is 1. The monoisotopic (exact) mass is 332 g/mol. The van der Waals surface area contributed by atoms with Gasteiger partial charge in [-0.3, -0.25) is 0 Å². The molecule has 1 atom stereocenters. The molecule has 21 heavy (non-hydrogen) atoms. The molecule has 1 aliphatic rings. The highest BCUT2D eigenvalue weighted by atomic mass is 35.5. The minimum atomic E-state index is -3.36. The summed E-state index contributed by atoms with van der Waals surface area (Å²) >= 11 is 0. The Kier molecular flexibility index (Phi) is 6.66. The van der Waals surface area contributed by atoms with Crippen molar-refractivity contribution in [1.29, 1.82) is 0 Å². The first-order chi connectivity index (χ1) is 9.52. The molecule has 1 unspecified atom stereocenters. The third kappa shape index (κ3) is 3.77. The van der Waals surface area contributed by atoms with E-state index in [4.69, 9.17) is 5.73 Å². The molecule has 1 aliphatic heterocycles. The van der Waals surface area contributed by atoms with Crippen LogP contribution in [-0.4, -0.2) is 32.4 Å². The van der Waals surface area contributed by atoms with Gasteiger partial charge in [0.1, 0.15) is 0 Å². The summed E-state index contributed by atoms with van der Waals surface area (Å²) in [7, 11) is -3.36. The van der Waals surface area contributed by atoms with Crippen molar-refractivity contribution < 1.29 is 8.42 Å². The lowest BCUT2D eigenvalue weighted by Crippen LogP contribution is -2.30. The Morgan fingerprint density at radius 2 is 1.90 bits per heavy atom. The molecule has 1 heterocycles. The molecule has 1 aromatic carbocycles. The molecule has 1 aromatic rings. The van der Waals surface area contributed by atoms with E-state index < -0.39 is 10.0 Å². The summed E-state index contributed by atoms with van der Waals surface area (Å²) in [4.78, 5) is 0.421. The summed E-state index contributed by atoms with van der Waals surface area (Å²) in [6, 6.07) is 5.52. The van der Waals surface area contributed by atoms with E-state index in [9.17, 15) is 8.42 Å². The SMILES string of the molecule is CCc1ccc(S(=O)(=O)N2CCC(CN)C2)cc1CC.Cl. The van der Waals surface area contributed by atoms with Crippen LogP contribution in [0.4, 0.5) is 0 Å². The average Bonchev–Trinajstić information content (AvgIpc) is 2.96. The first-order valence-electron chi connectivity index (χ1n) is 7.34. The lowest BCUT2D eigenvalue weighted by Gasteiger charge is -2.17. The summed E-state index contributed by atoms with van der Waals surface area (Å²) in [6.07, 6.45) is 2.66. The zero-order chi connectivity index (χ0) is 14.8. The van der Waals surface area contributed by atoms with Gasteiger partial charge in [-0.2, -0.15) is 4.31 Å². The fraction of sp³-hybridized carbons (Fsp3) is 0.600. The van der Waals surface area contributed by atoms with Crippen LogP contribution in [0.1, 0.15) is 31.4 Å². The Hall–Kier alpha value is -0.620. The highest BCUT2D eigenvalue weighted by molar-refractivity contribution is 7.89.